The fourth-order valence-corrected chi connectivity index (χ4v) is 0.186. The quantitative estimate of drug-likeness (QED) is 0.531. The molecule has 0 aliphatic heterocycles. The van der Waals surface area contributed by atoms with Crippen molar-refractivity contribution in [3.63, 3.8) is 0 Å². The summed E-state index contributed by atoms with van der Waals surface area (Å²) < 4.78 is 35.8. The van der Waals surface area contributed by atoms with E-state index in [0.717, 1.165) is 0 Å². The summed E-state index contributed by atoms with van der Waals surface area (Å²) in [6, 6.07) is 0. The minimum absolute atomic E-state index is 1.39. The standard InChI is InChI=1S/C2H2ClF3O/c3-7-1-2(4,5)6/h1H2. The van der Waals surface area contributed by atoms with E-state index in [-0.39, 0.29) is 0 Å². The first-order valence-electron chi connectivity index (χ1n) is 1.36. The molecule has 0 radical (unpaired) electrons. The third-order valence-corrected chi connectivity index (χ3v) is 0.327. The molecule has 0 aromatic carbocycles. The Bertz CT molecular complexity index is 51.4. The van der Waals surface area contributed by atoms with E-state index in [4.69, 9.17) is 0 Å². The first-order chi connectivity index (χ1) is 3.06. The number of rotatable bonds is 1. The van der Waals surface area contributed by atoms with Gasteiger partial charge in [-0.2, -0.15) is 13.2 Å². The Morgan fingerprint density at radius 2 is 1.86 bits per heavy atom. The van der Waals surface area contributed by atoms with Gasteiger partial charge in [-0.1, -0.05) is 0 Å². The van der Waals surface area contributed by atoms with E-state index in [9.17, 15) is 13.2 Å². The lowest BCUT2D eigenvalue weighted by molar-refractivity contribution is -0.152. The maximum atomic E-state index is 10.8. The van der Waals surface area contributed by atoms with Crippen LogP contribution in [0.5, 0.6) is 0 Å². The van der Waals surface area contributed by atoms with E-state index in [1.165, 1.54) is 0 Å². The Morgan fingerprint density at radius 3 is 1.86 bits per heavy atom. The second-order valence-electron chi connectivity index (χ2n) is 0.869. The zero-order valence-electron chi connectivity index (χ0n) is 3.13. The monoisotopic (exact) mass is 134 g/mol. The number of alkyl halides is 3. The van der Waals surface area contributed by atoms with E-state index in [0.29, 0.717) is 0 Å². The molecule has 0 aromatic heterocycles. The lowest BCUT2D eigenvalue weighted by Crippen LogP contribution is -2.13. The first kappa shape index (κ1) is 7.04. The lowest BCUT2D eigenvalue weighted by atomic mass is 10.7. The molecule has 0 saturated carbocycles. The van der Waals surface area contributed by atoms with Gasteiger partial charge in [0.05, 0.1) is 11.9 Å². The molecule has 0 spiro atoms. The van der Waals surface area contributed by atoms with Gasteiger partial charge in [0.15, 0.2) is 6.61 Å². The molecule has 0 heterocycles. The summed E-state index contributed by atoms with van der Waals surface area (Å²) in [5.41, 5.74) is 0. The largest absolute Gasteiger partial charge is 0.413 e. The van der Waals surface area contributed by atoms with Crippen LogP contribution in [0.2, 0.25) is 0 Å². The second kappa shape index (κ2) is 2.37. The summed E-state index contributed by atoms with van der Waals surface area (Å²) in [5.74, 6) is 0. The molecule has 0 atom stereocenters. The van der Waals surface area contributed by atoms with Crippen molar-refractivity contribution in [3.8, 4) is 0 Å². The van der Waals surface area contributed by atoms with Gasteiger partial charge in [0.2, 0.25) is 0 Å². The summed E-state index contributed by atoms with van der Waals surface area (Å²) >= 11 is 4.27. The Labute approximate surface area is 43.2 Å². The molecule has 0 amide bonds. The summed E-state index contributed by atoms with van der Waals surface area (Å²) in [6.45, 7) is -1.39. The van der Waals surface area contributed by atoms with Crippen LogP contribution in [0.1, 0.15) is 0 Å². The predicted octanol–water partition coefficient (Wildman–Crippen LogP) is 1.72. The highest BCUT2D eigenvalue weighted by Crippen LogP contribution is 2.14. The molecule has 0 aliphatic rings. The van der Waals surface area contributed by atoms with Crippen molar-refractivity contribution < 1.29 is 17.5 Å². The molecule has 0 unspecified atom stereocenters. The number of hydrogen-bond acceptors (Lipinski definition) is 1. The molecule has 5 heteroatoms. The third kappa shape index (κ3) is 6.04. The smallest absolute Gasteiger partial charge is 0.270 e. The van der Waals surface area contributed by atoms with Gasteiger partial charge in [-0.25, -0.2) is 0 Å². The van der Waals surface area contributed by atoms with Crippen molar-refractivity contribution in [1.82, 2.24) is 0 Å². The van der Waals surface area contributed by atoms with Crippen molar-refractivity contribution in [3.05, 3.63) is 0 Å². The molecule has 0 N–H and O–H groups in total. The van der Waals surface area contributed by atoms with E-state index in [1.54, 1.807) is 0 Å². The van der Waals surface area contributed by atoms with Gasteiger partial charge in [-0.15, -0.1) is 0 Å². The van der Waals surface area contributed by atoms with Crippen molar-refractivity contribution >= 4 is 11.9 Å². The highest BCUT2D eigenvalue weighted by molar-refractivity contribution is 6.07. The third-order valence-electron chi connectivity index (χ3n) is 0.218. The zero-order chi connectivity index (χ0) is 5.91. The number of halogens is 4. The van der Waals surface area contributed by atoms with Gasteiger partial charge in [0.1, 0.15) is 0 Å². The van der Waals surface area contributed by atoms with Crippen LogP contribution >= 0.6 is 11.9 Å². The van der Waals surface area contributed by atoms with E-state index >= 15 is 0 Å². The fourth-order valence-electron chi connectivity index (χ4n) is 0.0619. The number of hydrogen-bond donors (Lipinski definition) is 0. The van der Waals surface area contributed by atoms with Crippen LogP contribution in [0, 0.1) is 0 Å². The Balaban J connectivity index is 3.15. The molecule has 0 fully saturated rings. The van der Waals surface area contributed by atoms with E-state index in [2.05, 4.69) is 16.2 Å². The highest BCUT2D eigenvalue weighted by Gasteiger charge is 2.27. The minimum atomic E-state index is -4.30. The summed E-state index contributed by atoms with van der Waals surface area (Å²) in [7, 11) is 0. The molecule has 0 bridgehead atoms. The van der Waals surface area contributed by atoms with Crippen molar-refractivity contribution in [1.29, 1.82) is 0 Å². The van der Waals surface area contributed by atoms with Gasteiger partial charge in [-0.3, -0.25) is 4.29 Å². The van der Waals surface area contributed by atoms with E-state index < -0.39 is 12.8 Å². The van der Waals surface area contributed by atoms with Gasteiger partial charge >= 0.3 is 6.18 Å². The maximum Gasteiger partial charge on any atom is 0.413 e. The lowest BCUT2D eigenvalue weighted by Gasteiger charge is -1.98. The van der Waals surface area contributed by atoms with Crippen LogP contribution in [0.4, 0.5) is 13.2 Å². The Kier molecular flexibility index (Phi) is 2.39. The first-order valence-corrected chi connectivity index (χ1v) is 1.67. The van der Waals surface area contributed by atoms with Crippen LogP contribution in [0.15, 0.2) is 0 Å². The SMILES string of the molecule is FC(F)(F)COCl. The summed E-state index contributed by atoms with van der Waals surface area (Å²) in [6.07, 6.45) is -4.30. The summed E-state index contributed by atoms with van der Waals surface area (Å²) in [5, 5.41) is 0. The molecule has 0 aromatic rings. The van der Waals surface area contributed by atoms with Crippen molar-refractivity contribution in [2.45, 2.75) is 6.18 Å². The molecule has 0 saturated heterocycles. The maximum absolute atomic E-state index is 10.8. The Morgan fingerprint density at radius 1 is 1.43 bits per heavy atom. The minimum Gasteiger partial charge on any atom is -0.270 e. The average Bonchev–Trinajstić information content (AvgIpc) is 1.30. The molecule has 0 rings (SSSR count). The van der Waals surface area contributed by atoms with Crippen LogP contribution < -0.4 is 0 Å². The van der Waals surface area contributed by atoms with Crippen LogP contribution in [-0.2, 0) is 4.29 Å². The molecule has 0 aliphatic carbocycles. The van der Waals surface area contributed by atoms with Gasteiger partial charge in [-0.05, 0) is 0 Å². The molecule has 7 heavy (non-hydrogen) atoms. The molecular weight excluding hydrogens is 132 g/mol. The molecular formula is C2H2ClF3O. The van der Waals surface area contributed by atoms with Crippen LogP contribution in [-0.4, -0.2) is 12.8 Å². The predicted molar refractivity (Wildman–Crippen MR) is 17.9 cm³/mol. The van der Waals surface area contributed by atoms with Crippen LogP contribution in [0.3, 0.4) is 0 Å². The van der Waals surface area contributed by atoms with E-state index in [1.807, 2.05) is 0 Å². The van der Waals surface area contributed by atoms with Gasteiger partial charge in [0, 0.05) is 0 Å². The highest BCUT2D eigenvalue weighted by atomic mass is 35.5. The average molecular weight is 134 g/mol. The zero-order valence-corrected chi connectivity index (χ0v) is 3.88. The molecule has 44 valence electrons. The van der Waals surface area contributed by atoms with Crippen LogP contribution in [0.25, 0.3) is 0 Å². The second-order valence-corrected chi connectivity index (χ2v) is 1.09. The summed E-state index contributed by atoms with van der Waals surface area (Å²) in [4.78, 5) is 0. The van der Waals surface area contributed by atoms with Gasteiger partial charge < -0.3 is 0 Å². The van der Waals surface area contributed by atoms with Gasteiger partial charge in [0.25, 0.3) is 0 Å². The van der Waals surface area contributed by atoms with Crippen molar-refractivity contribution in [2.24, 2.45) is 0 Å². The Hall–Kier alpha value is 0.0400. The normalized spacial score (nSPS) is 12.0. The topological polar surface area (TPSA) is 9.23 Å². The van der Waals surface area contributed by atoms with Crippen molar-refractivity contribution in [2.75, 3.05) is 6.61 Å². The fraction of sp³-hybridized carbons (Fsp3) is 1.00. The molecule has 1 nitrogen and oxygen atoms in total.